The number of nitrogens with zero attached hydrogens (tertiary/aromatic N) is 2. The quantitative estimate of drug-likeness (QED) is 0.530. The summed E-state index contributed by atoms with van der Waals surface area (Å²) in [5.41, 5.74) is 0.464. The molecule has 218 valence electrons. The van der Waals surface area contributed by atoms with Crippen molar-refractivity contribution in [2.24, 2.45) is 17.8 Å². The topological polar surface area (TPSA) is 127 Å². The SMILES string of the molecule is CCOc1cc(OC2CC3C(=O)NC4(C(=O)O)CC4C=CCCCCN(C)C(=O)C3C2)c2ccc3c(c2n1)CCO3. The number of benzene rings is 1. The molecular formula is C31H37N3O7. The van der Waals surface area contributed by atoms with E-state index in [0.717, 1.165) is 47.9 Å². The summed E-state index contributed by atoms with van der Waals surface area (Å²) in [5, 5.41) is 13.7. The van der Waals surface area contributed by atoms with Crippen LogP contribution < -0.4 is 19.5 Å². The lowest BCUT2D eigenvalue weighted by Gasteiger charge is -2.26. The number of rotatable bonds is 5. The molecule has 2 fully saturated rings. The summed E-state index contributed by atoms with van der Waals surface area (Å²) in [6, 6.07) is 5.61. The van der Waals surface area contributed by atoms with Gasteiger partial charge in [0.25, 0.3) is 0 Å². The van der Waals surface area contributed by atoms with Gasteiger partial charge in [-0.25, -0.2) is 9.78 Å². The smallest absolute Gasteiger partial charge is 0.330 e. The number of allylic oxidation sites excluding steroid dienone is 1. The number of carboxylic acid groups (broad SMARTS) is 1. The maximum atomic E-state index is 13.7. The van der Waals surface area contributed by atoms with Crippen molar-refractivity contribution in [2.45, 2.75) is 63.5 Å². The normalized spacial score (nSPS) is 29.6. The highest BCUT2D eigenvalue weighted by Gasteiger charge is 2.61. The molecule has 0 spiro atoms. The van der Waals surface area contributed by atoms with E-state index in [-0.39, 0.29) is 11.8 Å². The van der Waals surface area contributed by atoms with E-state index in [9.17, 15) is 19.5 Å². The monoisotopic (exact) mass is 563 g/mol. The fourth-order valence-corrected chi connectivity index (χ4v) is 6.61. The van der Waals surface area contributed by atoms with E-state index in [1.807, 2.05) is 31.2 Å². The highest BCUT2D eigenvalue weighted by Crippen LogP contribution is 2.47. The number of ether oxygens (including phenoxy) is 3. The van der Waals surface area contributed by atoms with Crippen LogP contribution in [0.2, 0.25) is 0 Å². The van der Waals surface area contributed by atoms with Crippen LogP contribution in [0.1, 0.15) is 51.0 Å². The van der Waals surface area contributed by atoms with Gasteiger partial charge in [-0.15, -0.1) is 0 Å². The van der Waals surface area contributed by atoms with Crippen LogP contribution in [0.5, 0.6) is 17.4 Å². The Labute approximate surface area is 239 Å². The summed E-state index contributed by atoms with van der Waals surface area (Å²) in [6.45, 7) is 3.53. The van der Waals surface area contributed by atoms with Crippen molar-refractivity contribution in [3.63, 3.8) is 0 Å². The molecule has 3 heterocycles. The molecule has 0 saturated heterocycles. The maximum absolute atomic E-state index is 13.7. The first-order chi connectivity index (χ1) is 19.8. The van der Waals surface area contributed by atoms with Crippen molar-refractivity contribution < 1.29 is 33.7 Å². The van der Waals surface area contributed by atoms with E-state index in [4.69, 9.17) is 19.2 Å². The third-order valence-corrected chi connectivity index (χ3v) is 8.95. The number of pyridine rings is 1. The van der Waals surface area contributed by atoms with E-state index in [1.54, 1.807) is 18.0 Å². The van der Waals surface area contributed by atoms with Gasteiger partial charge >= 0.3 is 5.97 Å². The van der Waals surface area contributed by atoms with Crippen molar-refractivity contribution >= 4 is 28.7 Å². The van der Waals surface area contributed by atoms with Crippen LogP contribution in [0.4, 0.5) is 0 Å². The summed E-state index contributed by atoms with van der Waals surface area (Å²) >= 11 is 0. The molecule has 1 aromatic heterocycles. The Morgan fingerprint density at radius 1 is 1.24 bits per heavy atom. The molecule has 10 nitrogen and oxygen atoms in total. The number of carboxylic acids is 1. The molecule has 10 heteroatoms. The van der Waals surface area contributed by atoms with E-state index in [1.165, 1.54) is 0 Å². The Bertz CT molecular complexity index is 1410. The second-order valence-electron chi connectivity index (χ2n) is 11.6. The third-order valence-electron chi connectivity index (χ3n) is 8.95. The van der Waals surface area contributed by atoms with Crippen molar-refractivity contribution in [2.75, 3.05) is 26.8 Å². The number of hydrogen-bond acceptors (Lipinski definition) is 7. The zero-order valence-electron chi connectivity index (χ0n) is 23.6. The van der Waals surface area contributed by atoms with Crippen molar-refractivity contribution in [3.8, 4) is 17.4 Å². The molecule has 0 bridgehead atoms. The van der Waals surface area contributed by atoms with Gasteiger partial charge in [0.1, 0.15) is 23.1 Å². The maximum Gasteiger partial charge on any atom is 0.330 e. The van der Waals surface area contributed by atoms with Crippen LogP contribution in [0.25, 0.3) is 10.9 Å². The number of hydrogen-bond donors (Lipinski definition) is 2. The van der Waals surface area contributed by atoms with Gasteiger partial charge < -0.3 is 29.5 Å². The van der Waals surface area contributed by atoms with Gasteiger partial charge in [-0.05, 0) is 57.6 Å². The summed E-state index contributed by atoms with van der Waals surface area (Å²) in [5.74, 6) is -1.27. The fraction of sp³-hybridized carbons (Fsp3) is 0.548. The Morgan fingerprint density at radius 2 is 2.07 bits per heavy atom. The number of fused-ring (bicyclic) bond motifs is 5. The summed E-state index contributed by atoms with van der Waals surface area (Å²) in [6.07, 6.45) is 7.78. The molecule has 2 amide bonds. The highest BCUT2D eigenvalue weighted by molar-refractivity contribution is 5.94. The van der Waals surface area contributed by atoms with Crippen LogP contribution in [0, 0.1) is 17.8 Å². The summed E-state index contributed by atoms with van der Waals surface area (Å²) in [4.78, 5) is 46.0. The second kappa shape index (κ2) is 10.9. The van der Waals surface area contributed by atoms with Gasteiger partial charge in [-0.3, -0.25) is 9.59 Å². The predicted octanol–water partition coefficient (Wildman–Crippen LogP) is 3.50. The number of carbonyl (C=O) groups is 3. The Morgan fingerprint density at radius 3 is 2.88 bits per heavy atom. The second-order valence-corrected chi connectivity index (χ2v) is 11.6. The molecule has 2 aromatic rings. The predicted molar refractivity (Wildman–Crippen MR) is 150 cm³/mol. The average Bonchev–Trinajstić information content (AvgIpc) is 3.26. The molecule has 41 heavy (non-hydrogen) atoms. The van der Waals surface area contributed by atoms with Crippen LogP contribution in [-0.2, 0) is 20.8 Å². The first-order valence-corrected chi connectivity index (χ1v) is 14.7. The molecule has 5 unspecified atom stereocenters. The molecule has 6 rings (SSSR count). The summed E-state index contributed by atoms with van der Waals surface area (Å²) in [7, 11) is 1.77. The Balaban J connectivity index is 1.31. The summed E-state index contributed by atoms with van der Waals surface area (Å²) < 4.78 is 18.1. The number of amides is 2. The highest BCUT2D eigenvalue weighted by atomic mass is 16.5. The lowest BCUT2D eigenvalue weighted by molar-refractivity contribution is -0.145. The standard InChI is InChI=1S/C31H37N3O7/c1-3-39-26-16-25(20-9-10-24-21(11-13-40-24)27(20)32-26)41-19-14-22-23(15-19)29(36)34(2)12-7-5-4-6-8-18-17-31(18,30(37)38)33-28(22)35/h6,8-10,16,18-19,22-23H,3-5,7,11-15,17H2,1-2H3,(H,33,35)(H,37,38). The Hall–Kier alpha value is -3.82. The van der Waals surface area contributed by atoms with Gasteiger partial charge in [-0.2, -0.15) is 0 Å². The van der Waals surface area contributed by atoms with Gasteiger partial charge in [0.05, 0.1) is 30.6 Å². The van der Waals surface area contributed by atoms with Crippen molar-refractivity contribution in [1.29, 1.82) is 0 Å². The zero-order chi connectivity index (χ0) is 28.7. The minimum Gasteiger partial charge on any atom is -0.493 e. The van der Waals surface area contributed by atoms with E-state index >= 15 is 0 Å². The lowest BCUT2D eigenvalue weighted by Crippen LogP contribution is -2.49. The van der Waals surface area contributed by atoms with Crippen LogP contribution in [-0.4, -0.2) is 71.2 Å². The van der Waals surface area contributed by atoms with Gasteiger partial charge in [-0.1, -0.05) is 12.2 Å². The van der Waals surface area contributed by atoms with Crippen molar-refractivity contribution in [1.82, 2.24) is 15.2 Å². The molecule has 2 saturated carbocycles. The first kappa shape index (κ1) is 27.4. The molecule has 1 aromatic carbocycles. The van der Waals surface area contributed by atoms with E-state index < -0.39 is 35.4 Å². The molecule has 5 atom stereocenters. The third kappa shape index (κ3) is 5.08. The zero-order valence-corrected chi connectivity index (χ0v) is 23.6. The number of carbonyl (C=O) groups excluding carboxylic acids is 2. The Kier molecular flexibility index (Phi) is 7.25. The van der Waals surface area contributed by atoms with Gasteiger partial charge in [0.15, 0.2) is 0 Å². The molecule has 2 aliphatic heterocycles. The van der Waals surface area contributed by atoms with Gasteiger partial charge in [0.2, 0.25) is 17.7 Å². The number of nitrogens with one attached hydrogen (secondary N) is 1. The van der Waals surface area contributed by atoms with Crippen molar-refractivity contribution in [3.05, 3.63) is 35.9 Å². The van der Waals surface area contributed by atoms with E-state index in [2.05, 4.69) is 5.32 Å². The number of aromatic nitrogens is 1. The lowest BCUT2D eigenvalue weighted by atomic mass is 9.93. The van der Waals surface area contributed by atoms with Crippen LogP contribution in [0.3, 0.4) is 0 Å². The fourth-order valence-electron chi connectivity index (χ4n) is 6.61. The minimum atomic E-state index is -1.31. The minimum absolute atomic E-state index is 0.106. The molecule has 2 N–H and O–H groups in total. The van der Waals surface area contributed by atoms with E-state index in [0.29, 0.717) is 50.7 Å². The van der Waals surface area contributed by atoms with Crippen LogP contribution >= 0.6 is 0 Å². The molecular weight excluding hydrogens is 526 g/mol. The molecule has 2 aliphatic carbocycles. The molecule has 0 radical (unpaired) electrons. The van der Waals surface area contributed by atoms with Crippen LogP contribution in [0.15, 0.2) is 30.4 Å². The average molecular weight is 564 g/mol. The molecule has 4 aliphatic rings. The number of aliphatic carboxylic acids is 1. The largest absolute Gasteiger partial charge is 0.493 e. The first-order valence-electron chi connectivity index (χ1n) is 14.7. The van der Waals surface area contributed by atoms with Gasteiger partial charge in [0, 0.05) is 42.9 Å².